The Morgan fingerprint density at radius 3 is 2.56 bits per heavy atom. The van der Waals surface area contributed by atoms with Gasteiger partial charge in [-0.05, 0) is 29.8 Å². The van der Waals surface area contributed by atoms with Gasteiger partial charge in [0, 0.05) is 12.3 Å². The Morgan fingerprint density at radius 2 is 1.88 bits per heavy atom. The van der Waals surface area contributed by atoms with Gasteiger partial charge in [0.2, 0.25) is 0 Å². The van der Waals surface area contributed by atoms with Gasteiger partial charge in [0.05, 0.1) is 16.6 Å². The minimum Gasteiger partial charge on any atom is -0.285 e. The Balaban J connectivity index is 1.74. The molecule has 0 aromatic heterocycles. The first-order chi connectivity index (χ1) is 12.0. The van der Waals surface area contributed by atoms with E-state index in [1.165, 1.54) is 22.7 Å². The Labute approximate surface area is 157 Å². The highest BCUT2D eigenvalue weighted by Crippen LogP contribution is 2.27. The van der Waals surface area contributed by atoms with Crippen LogP contribution < -0.4 is 0 Å². The topological polar surface area (TPSA) is 32.7 Å². The number of benzene rings is 2. The molecule has 2 aromatic rings. The van der Waals surface area contributed by atoms with Crippen molar-refractivity contribution in [1.29, 1.82) is 0 Å². The molecule has 1 heterocycles. The first kappa shape index (κ1) is 18.2. The lowest BCUT2D eigenvalue weighted by atomic mass is 10.1. The molecule has 0 aliphatic carbocycles. The summed E-state index contributed by atoms with van der Waals surface area (Å²) in [5.41, 5.74) is 0.339. The molecular weight excluding hydrogens is 389 g/mol. The third-order valence-electron chi connectivity index (χ3n) is 3.58. The minimum absolute atomic E-state index is 0.288. The summed E-state index contributed by atoms with van der Waals surface area (Å²) in [5.74, 6) is -2.00. The number of amidine groups is 1. The molecule has 0 saturated heterocycles. The highest BCUT2D eigenvalue weighted by Gasteiger charge is 2.29. The molecule has 8 heteroatoms. The van der Waals surface area contributed by atoms with Crippen LogP contribution in [0.2, 0.25) is 10.0 Å². The summed E-state index contributed by atoms with van der Waals surface area (Å²) in [6.45, 7) is 0.682. The molecular formula is C17H12Cl2F2N2OS. The standard InChI is InChI=1S/C17H12Cl2F2N2OS/c18-11-5-4-10(8-12(11)19)9-25-17-22-6-7-23(17)16(24)15-13(20)2-1-3-14(15)21/h1-5,8H,6-7,9H2. The average molecular weight is 401 g/mol. The van der Waals surface area contributed by atoms with Crippen molar-refractivity contribution in [3.63, 3.8) is 0 Å². The number of rotatable bonds is 3. The second kappa shape index (κ2) is 7.72. The van der Waals surface area contributed by atoms with Crippen LogP contribution in [0.15, 0.2) is 41.4 Å². The summed E-state index contributed by atoms with van der Waals surface area (Å²) >= 11 is 13.2. The summed E-state index contributed by atoms with van der Waals surface area (Å²) in [5, 5.41) is 1.33. The van der Waals surface area contributed by atoms with Gasteiger partial charge < -0.3 is 0 Å². The van der Waals surface area contributed by atoms with Crippen molar-refractivity contribution >= 4 is 46.0 Å². The molecule has 1 aliphatic heterocycles. The average Bonchev–Trinajstić information content (AvgIpc) is 3.04. The number of hydrogen-bond acceptors (Lipinski definition) is 3. The molecule has 3 rings (SSSR count). The lowest BCUT2D eigenvalue weighted by Gasteiger charge is -2.18. The maximum Gasteiger partial charge on any atom is 0.265 e. The van der Waals surface area contributed by atoms with Gasteiger partial charge in [-0.15, -0.1) is 0 Å². The molecule has 2 aromatic carbocycles. The van der Waals surface area contributed by atoms with Crippen LogP contribution in [0.25, 0.3) is 0 Å². The van der Waals surface area contributed by atoms with Crippen LogP contribution in [-0.2, 0) is 5.75 Å². The predicted molar refractivity (Wildman–Crippen MR) is 97.5 cm³/mol. The molecule has 130 valence electrons. The molecule has 0 saturated carbocycles. The molecule has 1 amide bonds. The second-order valence-electron chi connectivity index (χ2n) is 5.25. The van der Waals surface area contributed by atoms with Gasteiger partial charge in [0.1, 0.15) is 17.2 Å². The number of thioether (sulfide) groups is 1. The van der Waals surface area contributed by atoms with Crippen molar-refractivity contribution in [2.45, 2.75) is 5.75 Å². The molecule has 0 atom stereocenters. The van der Waals surface area contributed by atoms with E-state index in [0.717, 1.165) is 17.7 Å². The quantitative estimate of drug-likeness (QED) is 0.724. The zero-order valence-corrected chi connectivity index (χ0v) is 15.1. The smallest absolute Gasteiger partial charge is 0.265 e. The van der Waals surface area contributed by atoms with E-state index in [-0.39, 0.29) is 6.54 Å². The third-order valence-corrected chi connectivity index (χ3v) is 5.40. The van der Waals surface area contributed by atoms with Gasteiger partial charge in [-0.25, -0.2) is 8.78 Å². The fourth-order valence-corrected chi connectivity index (χ4v) is 3.66. The first-order valence-corrected chi connectivity index (χ1v) is 9.08. The highest BCUT2D eigenvalue weighted by atomic mass is 35.5. The number of hydrogen-bond donors (Lipinski definition) is 0. The fraction of sp³-hybridized carbons (Fsp3) is 0.176. The monoisotopic (exact) mass is 400 g/mol. The van der Waals surface area contributed by atoms with Crippen LogP contribution in [0, 0.1) is 11.6 Å². The normalized spacial score (nSPS) is 13.9. The zero-order valence-electron chi connectivity index (χ0n) is 12.8. The van der Waals surface area contributed by atoms with Crippen LogP contribution in [0.3, 0.4) is 0 Å². The summed E-state index contributed by atoms with van der Waals surface area (Å²) in [6.07, 6.45) is 0. The van der Waals surface area contributed by atoms with Crippen molar-refractivity contribution < 1.29 is 13.6 Å². The van der Waals surface area contributed by atoms with Gasteiger partial charge in [0.15, 0.2) is 5.17 Å². The van der Waals surface area contributed by atoms with Gasteiger partial charge in [-0.3, -0.25) is 14.7 Å². The Bertz CT molecular complexity index is 840. The number of carbonyl (C=O) groups is 1. The summed E-state index contributed by atoms with van der Waals surface area (Å²) in [7, 11) is 0. The van der Waals surface area contributed by atoms with Crippen LogP contribution in [0.4, 0.5) is 8.78 Å². The van der Waals surface area contributed by atoms with Crippen molar-refractivity contribution in [1.82, 2.24) is 4.90 Å². The van der Waals surface area contributed by atoms with Crippen molar-refractivity contribution in [3.05, 3.63) is 69.2 Å². The van der Waals surface area contributed by atoms with Crippen LogP contribution in [-0.4, -0.2) is 29.1 Å². The van der Waals surface area contributed by atoms with Crippen molar-refractivity contribution in [2.75, 3.05) is 13.1 Å². The van der Waals surface area contributed by atoms with Crippen LogP contribution >= 0.6 is 35.0 Å². The largest absolute Gasteiger partial charge is 0.285 e. The summed E-state index contributed by atoms with van der Waals surface area (Å²) in [4.78, 5) is 18.1. The second-order valence-corrected chi connectivity index (χ2v) is 7.01. The Kier molecular flexibility index (Phi) is 5.61. The van der Waals surface area contributed by atoms with Gasteiger partial charge in [-0.1, -0.05) is 47.1 Å². The van der Waals surface area contributed by atoms with Crippen molar-refractivity contribution in [3.8, 4) is 0 Å². The van der Waals surface area contributed by atoms with E-state index in [9.17, 15) is 13.6 Å². The molecule has 0 spiro atoms. The zero-order chi connectivity index (χ0) is 18.0. The van der Waals surface area contributed by atoms with E-state index in [4.69, 9.17) is 23.2 Å². The number of halogens is 4. The van der Waals surface area contributed by atoms with E-state index < -0.39 is 23.1 Å². The summed E-state index contributed by atoms with van der Waals surface area (Å²) < 4.78 is 27.7. The number of aliphatic imine (C=N–C) groups is 1. The van der Waals surface area contributed by atoms with Crippen LogP contribution in [0.1, 0.15) is 15.9 Å². The molecule has 0 N–H and O–H groups in total. The predicted octanol–water partition coefficient (Wildman–Crippen LogP) is 5.02. The lowest BCUT2D eigenvalue weighted by molar-refractivity contribution is 0.0851. The van der Waals surface area contributed by atoms with E-state index in [1.54, 1.807) is 12.1 Å². The molecule has 25 heavy (non-hydrogen) atoms. The Hall–Kier alpha value is -1.63. The van der Waals surface area contributed by atoms with E-state index in [2.05, 4.69) is 4.99 Å². The maximum absolute atomic E-state index is 13.9. The number of amides is 1. The minimum atomic E-state index is -0.884. The lowest BCUT2D eigenvalue weighted by Crippen LogP contribution is -2.34. The van der Waals surface area contributed by atoms with E-state index in [0.29, 0.717) is 27.5 Å². The molecule has 1 aliphatic rings. The highest BCUT2D eigenvalue weighted by molar-refractivity contribution is 8.13. The fourth-order valence-electron chi connectivity index (χ4n) is 2.35. The van der Waals surface area contributed by atoms with Gasteiger partial charge >= 0.3 is 0 Å². The molecule has 0 fully saturated rings. The van der Waals surface area contributed by atoms with Gasteiger partial charge in [-0.2, -0.15) is 0 Å². The van der Waals surface area contributed by atoms with Crippen molar-refractivity contribution in [2.24, 2.45) is 4.99 Å². The third kappa shape index (κ3) is 3.97. The first-order valence-electron chi connectivity index (χ1n) is 7.34. The van der Waals surface area contributed by atoms with E-state index in [1.807, 2.05) is 6.07 Å². The number of nitrogens with zero attached hydrogens (tertiary/aromatic N) is 2. The summed E-state index contributed by atoms with van der Waals surface area (Å²) in [6, 6.07) is 8.58. The van der Waals surface area contributed by atoms with Crippen LogP contribution in [0.5, 0.6) is 0 Å². The maximum atomic E-state index is 13.9. The van der Waals surface area contributed by atoms with Gasteiger partial charge in [0.25, 0.3) is 5.91 Å². The molecule has 0 bridgehead atoms. The number of carbonyl (C=O) groups excluding carboxylic acids is 1. The molecule has 3 nitrogen and oxygen atoms in total. The SMILES string of the molecule is O=C(c1c(F)cccc1F)N1CCN=C1SCc1ccc(Cl)c(Cl)c1. The Morgan fingerprint density at radius 1 is 1.16 bits per heavy atom. The van der Waals surface area contributed by atoms with E-state index >= 15 is 0 Å². The molecule has 0 radical (unpaired) electrons. The molecule has 0 unspecified atom stereocenters.